The van der Waals surface area contributed by atoms with Crippen LogP contribution in [0, 0.1) is 0 Å². The minimum atomic E-state index is -0.629. The zero-order chi connectivity index (χ0) is 22.5. The summed E-state index contributed by atoms with van der Waals surface area (Å²) < 4.78 is 5.90. The molecule has 3 aromatic heterocycles. The average molecular weight is 451 g/mol. The lowest BCUT2D eigenvalue weighted by molar-refractivity contribution is -0.123. The smallest absolute Gasteiger partial charge is 0.287 e. The molecule has 0 aliphatic carbocycles. The van der Waals surface area contributed by atoms with Crippen molar-refractivity contribution in [2.24, 2.45) is 0 Å². The number of nitrogens with zero attached hydrogens (tertiary/aromatic N) is 2. The van der Waals surface area contributed by atoms with Crippen LogP contribution in [0.2, 0.25) is 0 Å². The van der Waals surface area contributed by atoms with E-state index in [0.29, 0.717) is 10.2 Å². The van der Waals surface area contributed by atoms with Crippen LogP contribution < -0.4 is 21.6 Å². The molecule has 0 atom stereocenters. The number of nitrogens with one attached hydrogen (secondary N) is 3. The predicted molar refractivity (Wildman–Crippen MR) is 118 cm³/mol. The highest BCUT2D eigenvalue weighted by Crippen LogP contribution is 2.30. The van der Waals surface area contributed by atoms with Gasteiger partial charge in [0.15, 0.2) is 5.76 Å². The first-order chi connectivity index (χ1) is 15.5. The van der Waals surface area contributed by atoms with E-state index >= 15 is 0 Å². The van der Waals surface area contributed by atoms with E-state index in [0.717, 1.165) is 15.8 Å². The van der Waals surface area contributed by atoms with Gasteiger partial charge in [-0.2, -0.15) is 0 Å². The molecular weight excluding hydrogens is 434 g/mol. The highest BCUT2D eigenvalue weighted by atomic mass is 32.1. The molecule has 0 saturated heterocycles. The Hall–Kier alpha value is -4.25. The molecule has 1 aromatic carbocycles. The number of carbonyl (C=O) groups is 3. The van der Waals surface area contributed by atoms with Gasteiger partial charge in [-0.15, -0.1) is 11.3 Å². The normalized spacial score (nSPS) is 10.6. The zero-order valence-corrected chi connectivity index (χ0v) is 17.3. The monoisotopic (exact) mass is 451 g/mol. The molecule has 4 aromatic rings. The molecule has 0 fully saturated rings. The van der Waals surface area contributed by atoms with Crippen molar-refractivity contribution in [3.63, 3.8) is 0 Å². The predicted octanol–water partition coefficient (Wildman–Crippen LogP) is 1.33. The number of aromatic nitrogens is 2. The van der Waals surface area contributed by atoms with Crippen molar-refractivity contribution in [3.8, 4) is 11.1 Å². The number of fused-ring (bicyclic) bond motifs is 1. The first kappa shape index (κ1) is 21.0. The molecular formula is C21H17N5O5S. The van der Waals surface area contributed by atoms with Crippen molar-refractivity contribution in [2.75, 3.05) is 18.5 Å². The fourth-order valence-electron chi connectivity index (χ4n) is 2.91. The lowest BCUT2D eigenvalue weighted by atomic mass is 10.1. The van der Waals surface area contributed by atoms with Crippen LogP contribution >= 0.6 is 11.3 Å². The standard InChI is InChI=1S/C21H17N5O5S/c27-16(9-23-19(29)15-7-4-8-31-15)22-10-17(28)25-26-12-24-20-18(21(26)30)14(11-32-20)13-5-2-1-3-6-13/h1-8,11-12H,9-10H2,(H,22,27)(H,23,29)(H,25,28). The maximum Gasteiger partial charge on any atom is 0.287 e. The fourth-order valence-corrected chi connectivity index (χ4v) is 3.82. The second-order valence-corrected chi connectivity index (χ2v) is 7.45. The Kier molecular flexibility index (Phi) is 6.08. The number of furan rings is 1. The van der Waals surface area contributed by atoms with E-state index in [9.17, 15) is 19.2 Å². The van der Waals surface area contributed by atoms with E-state index < -0.39 is 29.8 Å². The highest BCUT2D eigenvalue weighted by molar-refractivity contribution is 7.17. The molecule has 32 heavy (non-hydrogen) atoms. The molecule has 3 N–H and O–H groups in total. The van der Waals surface area contributed by atoms with Gasteiger partial charge in [-0.25, -0.2) is 9.66 Å². The number of benzene rings is 1. The third kappa shape index (κ3) is 4.57. The van der Waals surface area contributed by atoms with Crippen LogP contribution in [-0.4, -0.2) is 40.5 Å². The summed E-state index contributed by atoms with van der Waals surface area (Å²) >= 11 is 1.34. The maximum atomic E-state index is 12.9. The number of hydrogen-bond donors (Lipinski definition) is 3. The molecule has 0 aliphatic rings. The summed E-state index contributed by atoms with van der Waals surface area (Å²) in [6.07, 6.45) is 2.56. The first-order valence-electron chi connectivity index (χ1n) is 9.45. The first-order valence-corrected chi connectivity index (χ1v) is 10.3. The van der Waals surface area contributed by atoms with Gasteiger partial charge in [0.2, 0.25) is 5.91 Å². The molecule has 0 bridgehead atoms. The molecule has 3 amide bonds. The Morgan fingerprint density at radius 2 is 1.78 bits per heavy atom. The van der Waals surface area contributed by atoms with Crippen LogP contribution in [-0.2, 0) is 9.59 Å². The van der Waals surface area contributed by atoms with Gasteiger partial charge in [0, 0.05) is 10.9 Å². The molecule has 162 valence electrons. The van der Waals surface area contributed by atoms with Gasteiger partial charge < -0.3 is 15.1 Å². The van der Waals surface area contributed by atoms with E-state index in [1.165, 1.54) is 30.0 Å². The summed E-state index contributed by atoms with van der Waals surface area (Å²) in [5.74, 6) is -1.69. The van der Waals surface area contributed by atoms with Crippen LogP contribution in [0.4, 0.5) is 0 Å². The molecule has 0 spiro atoms. The topological polar surface area (TPSA) is 135 Å². The quantitative estimate of drug-likeness (QED) is 0.388. The maximum absolute atomic E-state index is 12.9. The third-order valence-corrected chi connectivity index (χ3v) is 5.31. The summed E-state index contributed by atoms with van der Waals surface area (Å²) in [4.78, 5) is 53.5. The average Bonchev–Trinajstić information content (AvgIpc) is 3.49. The number of hydrogen-bond acceptors (Lipinski definition) is 7. The van der Waals surface area contributed by atoms with Crippen molar-refractivity contribution < 1.29 is 18.8 Å². The minimum absolute atomic E-state index is 0.0705. The Morgan fingerprint density at radius 3 is 2.53 bits per heavy atom. The second-order valence-electron chi connectivity index (χ2n) is 6.59. The van der Waals surface area contributed by atoms with Gasteiger partial charge in [-0.1, -0.05) is 30.3 Å². The fraction of sp³-hybridized carbons (Fsp3) is 0.0952. The summed E-state index contributed by atoms with van der Waals surface area (Å²) in [7, 11) is 0. The van der Waals surface area contributed by atoms with E-state index in [-0.39, 0.29) is 12.3 Å². The van der Waals surface area contributed by atoms with Gasteiger partial charge in [0.25, 0.3) is 17.4 Å². The Bertz CT molecular complexity index is 1330. The molecule has 0 unspecified atom stereocenters. The summed E-state index contributed by atoms with van der Waals surface area (Å²) in [5.41, 5.74) is 3.57. The molecule has 0 saturated carbocycles. The SMILES string of the molecule is O=C(CNC(=O)c1ccco1)NCC(=O)Nn1cnc2scc(-c3ccccc3)c2c1=O. The van der Waals surface area contributed by atoms with Crippen molar-refractivity contribution in [1.82, 2.24) is 20.3 Å². The van der Waals surface area contributed by atoms with E-state index in [2.05, 4.69) is 21.0 Å². The number of rotatable bonds is 7. The molecule has 4 rings (SSSR count). The van der Waals surface area contributed by atoms with Crippen molar-refractivity contribution in [3.05, 3.63) is 76.5 Å². The summed E-state index contributed by atoms with van der Waals surface area (Å²) in [5, 5.41) is 6.97. The number of amides is 3. The van der Waals surface area contributed by atoms with Crippen LogP contribution in [0.5, 0.6) is 0 Å². The van der Waals surface area contributed by atoms with E-state index in [1.54, 1.807) is 6.07 Å². The van der Waals surface area contributed by atoms with Crippen LogP contribution in [0.3, 0.4) is 0 Å². The summed E-state index contributed by atoms with van der Waals surface area (Å²) in [6, 6.07) is 12.4. The van der Waals surface area contributed by atoms with E-state index in [1.807, 2.05) is 35.7 Å². The Balaban J connectivity index is 1.37. The molecule has 11 heteroatoms. The Labute approximate surface area is 184 Å². The lowest BCUT2D eigenvalue weighted by Crippen LogP contribution is -2.43. The zero-order valence-electron chi connectivity index (χ0n) is 16.5. The molecule has 0 aliphatic heterocycles. The van der Waals surface area contributed by atoms with Crippen LogP contribution in [0.25, 0.3) is 21.3 Å². The summed E-state index contributed by atoms with van der Waals surface area (Å²) in [6.45, 7) is -0.731. The minimum Gasteiger partial charge on any atom is -0.459 e. The van der Waals surface area contributed by atoms with Gasteiger partial charge in [0.05, 0.1) is 24.7 Å². The van der Waals surface area contributed by atoms with Gasteiger partial charge in [-0.05, 0) is 17.7 Å². The highest BCUT2D eigenvalue weighted by Gasteiger charge is 2.15. The Morgan fingerprint density at radius 1 is 1.00 bits per heavy atom. The van der Waals surface area contributed by atoms with E-state index in [4.69, 9.17) is 4.42 Å². The van der Waals surface area contributed by atoms with Gasteiger partial charge in [-0.3, -0.25) is 24.6 Å². The van der Waals surface area contributed by atoms with Crippen molar-refractivity contribution >= 4 is 39.3 Å². The van der Waals surface area contributed by atoms with Crippen LogP contribution in [0.1, 0.15) is 10.6 Å². The van der Waals surface area contributed by atoms with Gasteiger partial charge in [0.1, 0.15) is 11.2 Å². The lowest BCUT2D eigenvalue weighted by Gasteiger charge is -2.09. The number of thiophene rings is 1. The van der Waals surface area contributed by atoms with Crippen LogP contribution in [0.15, 0.2) is 69.6 Å². The van der Waals surface area contributed by atoms with Gasteiger partial charge >= 0.3 is 0 Å². The van der Waals surface area contributed by atoms with Crippen molar-refractivity contribution in [2.45, 2.75) is 0 Å². The molecule has 0 radical (unpaired) electrons. The second kappa shape index (κ2) is 9.27. The van der Waals surface area contributed by atoms with Crippen molar-refractivity contribution in [1.29, 1.82) is 0 Å². The molecule has 3 heterocycles. The number of carbonyl (C=O) groups excluding carboxylic acids is 3. The largest absolute Gasteiger partial charge is 0.459 e. The molecule has 10 nitrogen and oxygen atoms in total. The third-order valence-electron chi connectivity index (χ3n) is 4.43.